The van der Waals surface area contributed by atoms with Gasteiger partial charge in [-0.05, 0) is 46.7 Å². The zero-order chi connectivity index (χ0) is 17.9. The molecule has 0 bridgehead atoms. The van der Waals surface area contributed by atoms with Gasteiger partial charge in [-0.3, -0.25) is 4.98 Å². The zero-order valence-corrected chi connectivity index (χ0v) is 15.5. The van der Waals surface area contributed by atoms with Crippen molar-refractivity contribution in [1.82, 2.24) is 4.98 Å². The van der Waals surface area contributed by atoms with E-state index in [4.69, 9.17) is 0 Å². The lowest BCUT2D eigenvalue weighted by Crippen LogP contribution is -2.13. The normalized spacial score (nSPS) is 12.0. The standard InChI is InChI=1S/C22H17BrN2O/c23-17-7-3-6-16(13-17)22(25-18-8-4-12-24-14-18)21-19-9-2-1-5-15(19)10-11-20(21)26/h1-14,22,25-26H. The molecule has 1 unspecified atom stereocenters. The highest BCUT2D eigenvalue weighted by atomic mass is 79.9. The highest BCUT2D eigenvalue weighted by molar-refractivity contribution is 9.10. The van der Waals surface area contributed by atoms with Gasteiger partial charge in [0.15, 0.2) is 0 Å². The van der Waals surface area contributed by atoms with Gasteiger partial charge in [0.1, 0.15) is 5.75 Å². The minimum absolute atomic E-state index is 0.220. The van der Waals surface area contributed by atoms with Crippen LogP contribution in [0.5, 0.6) is 5.75 Å². The van der Waals surface area contributed by atoms with E-state index in [2.05, 4.69) is 44.4 Å². The zero-order valence-electron chi connectivity index (χ0n) is 13.9. The molecule has 1 atom stereocenters. The SMILES string of the molecule is Oc1ccc2ccccc2c1C(Nc1cccnc1)c1cccc(Br)c1. The summed E-state index contributed by atoms with van der Waals surface area (Å²) < 4.78 is 0.993. The summed E-state index contributed by atoms with van der Waals surface area (Å²) in [5, 5.41) is 16.4. The largest absolute Gasteiger partial charge is 0.508 e. The van der Waals surface area contributed by atoms with Crippen LogP contribution in [-0.2, 0) is 0 Å². The topological polar surface area (TPSA) is 45.1 Å². The minimum atomic E-state index is -0.220. The summed E-state index contributed by atoms with van der Waals surface area (Å²) in [6.45, 7) is 0. The second kappa shape index (κ2) is 7.18. The van der Waals surface area contributed by atoms with Crippen LogP contribution < -0.4 is 5.32 Å². The van der Waals surface area contributed by atoms with Crippen LogP contribution in [0.4, 0.5) is 5.69 Å². The third-order valence-electron chi connectivity index (χ3n) is 4.39. The Morgan fingerprint density at radius 3 is 2.62 bits per heavy atom. The molecule has 0 aliphatic heterocycles. The smallest absolute Gasteiger partial charge is 0.121 e. The molecule has 4 aromatic rings. The van der Waals surface area contributed by atoms with Crippen LogP contribution in [0.2, 0.25) is 0 Å². The molecule has 0 aliphatic rings. The lowest BCUT2D eigenvalue weighted by Gasteiger charge is -2.23. The van der Waals surface area contributed by atoms with Gasteiger partial charge in [0, 0.05) is 22.4 Å². The second-order valence-electron chi connectivity index (χ2n) is 6.09. The summed E-state index contributed by atoms with van der Waals surface area (Å²) in [6.07, 6.45) is 3.53. The summed E-state index contributed by atoms with van der Waals surface area (Å²) in [5.74, 6) is 0.269. The van der Waals surface area contributed by atoms with Crippen molar-refractivity contribution in [3.05, 3.63) is 101 Å². The average molecular weight is 405 g/mol. The molecule has 1 heterocycles. The molecular weight excluding hydrogens is 388 g/mol. The van der Waals surface area contributed by atoms with Crippen molar-refractivity contribution in [2.75, 3.05) is 5.32 Å². The first-order chi connectivity index (χ1) is 12.7. The number of anilines is 1. The molecule has 0 amide bonds. The van der Waals surface area contributed by atoms with Crippen molar-refractivity contribution >= 4 is 32.4 Å². The Kier molecular flexibility index (Phi) is 4.59. The van der Waals surface area contributed by atoms with Crippen LogP contribution in [0.15, 0.2) is 89.7 Å². The molecule has 0 fully saturated rings. The lowest BCUT2D eigenvalue weighted by atomic mass is 9.92. The van der Waals surface area contributed by atoms with Crippen LogP contribution in [-0.4, -0.2) is 10.1 Å². The first-order valence-electron chi connectivity index (χ1n) is 8.35. The fourth-order valence-electron chi connectivity index (χ4n) is 3.21. The average Bonchev–Trinajstić information content (AvgIpc) is 2.67. The maximum absolute atomic E-state index is 10.7. The number of fused-ring (bicyclic) bond motifs is 1. The molecular formula is C22H17BrN2O. The number of halogens is 1. The molecule has 4 rings (SSSR count). The van der Waals surface area contributed by atoms with E-state index in [0.29, 0.717) is 0 Å². The number of hydrogen-bond acceptors (Lipinski definition) is 3. The number of benzene rings is 3. The van der Waals surface area contributed by atoms with Crippen LogP contribution in [0, 0.1) is 0 Å². The van der Waals surface area contributed by atoms with Crippen LogP contribution >= 0.6 is 15.9 Å². The van der Waals surface area contributed by atoms with Crippen LogP contribution in [0.25, 0.3) is 10.8 Å². The fourth-order valence-corrected chi connectivity index (χ4v) is 3.63. The summed E-state index contributed by atoms with van der Waals surface area (Å²) in [7, 11) is 0. The summed E-state index contributed by atoms with van der Waals surface area (Å²) in [5.41, 5.74) is 2.80. The van der Waals surface area contributed by atoms with Gasteiger partial charge in [0.2, 0.25) is 0 Å². The van der Waals surface area contributed by atoms with Crippen molar-refractivity contribution < 1.29 is 5.11 Å². The Morgan fingerprint density at radius 2 is 1.81 bits per heavy atom. The molecule has 3 aromatic carbocycles. The number of aromatic nitrogens is 1. The van der Waals surface area contributed by atoms with Gasteiger partial charge in [-0.2, -0.15) is 0 Å². The Morgan fingerprint density at radius 1 is 0.923 bits per heavy atom. The summed E-state index contributed by atoms with van der Waals surface area (Å²) in [6, 6.07) is 23.6. The number of nitrogens with one attached hydrogen (secondary N) is 1. The first kappa shape index (κ1) is 16.6. The number of hydrogen-bond donors (Lipinski definition) is 2. The van der Waals surface area contributed by atoms with Crippen molar-refractivity contribution in [1.29, 1.82) is 0 Å². The van der Waals surface area contributed by atoms with Gasteiger partial charge in [-0.15, -0.1) is 0 Å². The van der Waals surface area contributed by atoms with E-state index in [9.17, 15) is 5.11 Å². The summed E-state index contributed by atoms with van der Waals surface area (Å²) >= 11 is 3.55. The predicted molar refractivity (Wildman–Crippen MR) is 109 cm³/mol. The molecule has 0 saturated heterocycles. The van der Waals surface area contributed by atoms with Crippen LogP contribution in [0.1, 0.15) is 17.2 Å². The van der Waals surface area contributed by atoms with Gasteiger partial charge in [0.25, 0.3) is 0 Å². The van der Waals surface area contributed by atoms with Crippen molar-refractivity contribution in [3.63, 3.8) is 0 Å². The molecule has 0 aliphatic carbocycles. The van der Waals surface area contributed by atoms with Gasteiger partial charge in [-0.1, -0.05) is 58.4 Å². The quantitative estimate of drug-likeness (QED) is 0.444. The number of rotatable bonds is 4. The fraction of sp³-hybridized carbons (Fsp3) is 0.0455. The Bertz CT molecular complexity index is 1050. The highest BCUT2D eigenvalue weighted by Gasteiger charge is 2.21. The molecule has 3 nitrogen and oxygen atoms in total. The van der Waals surface area contributed by atoms with E-state index in [-0.39, 0.29) is 11.8 Å². The third-order valence-corrected chi connectivity index (χ3v) is 4.88. The maximum Gasteiger partial charge on any atom is 0.121 e. The Hall–Kier alpha value is -2.85. The Balaban J connectivity index is 1.92. The molecule has 0 saturated carbocycles. The second-order valence-corrected chi connectivity index (χ2v) is 7.01. The molecule has 4 heteroatoms. The van der Waals surface area contributed by atoms with Gasteiger partial charge >= 0.3 is 0 Å². The summed E-state index contributed by atoms with van der Waals surface area (Å²) in [4.78, 5) is 4.19. The van der Waals surface area contributed by atoms with Crippen molar-refractivity contribution in [2.45, 2.75) is 6.04 Å². The molecule has 2 N–H and O–H groups in total. The third kappa shape index (κ3) is 3.28. The van der Waals surface area contributed by atoms with Crippen LogP contribution in [0.3, 0.4) is 0 Å². The molecule has 0 spiro atoms. The monoisotopic (exact) mass is 404 g/mol. The lowest BCUT2D eigenvalue weighted by molar-refractivity contribution is 0.468. The number of aromatic hydroxyl groups is 1. The Labute approximate surface area is 160 Å². The van der Waals surface area contributed by atoms with Crippen molar-refractivity contribution in [2.24, 2.45) is 0 Å². The first-order valence-corrected chi connectivity index (χ1v) is 9.14. The van der Waals surface area contributed by atoms with E-state index < -0.39 is 0 Å². The van der Waals surface area contributed by atoms with E-state index in [1.807, 2.05) is 48.5 Å². The highest BCUT2D eigenvalue weighted by Crippen LogP contribution is 2.38. The van der Waals surface area contributed by atoms with Gasteiger partial charge in [0.05, 0.1) is 11.7 Å². The maximum atomic E-state index is 10.7. The number of phenolic OH excluding ortho intramolecular Hbond substituents is 1. The minimum Gasteiger partial charge on any atom is -0.508 e. The number of nitrogens with zero attached hydrogens (tertiary/aromatic N) is 1. The van der Waals surface area contributed by atoms with Gasteiger partial charge in [-0.25, -0.2) is 0 Å². The predicted octanol–water partition coefficient (Wildman–Crippen LogP) is 5.90. The molecule has 128 valence electrons. The number of phenols is 1. The van der Waals surface area contributed by atoms with Crippen molar-refractivity contribution in [3.8, 4) is 5.75 Å². The number of pyridine rings is 1. The van der Waals surface area contributed by atoms with Gasteiger partial charge < -0.3 is 10.4 Å². The molecule has 0 radical (unpaired) electrons. The van der Waals surface area contributed by atoms with E-state index in [1.54, 1.807) is 18.5 Å². The van der Waals surface area contributed by atoms with E-state index in [0.717, 1.165) is 32.1 Å². The van der Waals surface area contributed by atoms with E-state index >= 15 is 0 Å². The molecule has 26 heavy (non-hydrogen) atoms. The molecule has 1 aromatic heterocycles. The van der Waals surface area contributed by atoms with E-state index in [1.165, 1.54) is 0 Å².